The zero-order valence-electron chi connectivity index (χ0n) is 14.2. The normalized spacial score (nSPS) is 11.4. The van der Waals surface area contributed by atoms with Crippen molar-refractivity contribution < 1.29 is 18.0 Å². The van der Waals surface area contributed by atoms with Gasteiger partial charge in [-0.3, -0.25) is 4.79 Å². The highest BCUT2D eigenvalue weighted by atomic mass is 19.4. The van der Waals surface area contributed by atoms with Gasteiger partial charge in [-0.2, -0.15) is 13.2 Å². The molecule has 2 N–H and O–H groups in total. The molecule has 2 rings (SSSR count). The van der Waals surface area contributed by atoms with E-state index in [4.69, 9.17) is 0 Å². The Hall–Kier alpha value is -2.50. The molecule has 6 heteroatoms. The zero-order valence-corrected chi connectivity index (χ0v) is 14.2. The molecular formula is C19H21F3N2O. The molecule has 0 aromatic heterocycles. The summed E-state index contributed by atoms with van der Waals surface area (Å²) in [7, 11) is 0. The van der Waals surface area contributed by atoms with Crippen molar-refractivity contribution in [3.63, 3.8) is 0 Å². The largest absolute Gasteiger partial charge is 0.416 e. The van der Waals surface area contributed by atoms with Crippen molar-refractivity contribution in [1.82, 2.24) is 0 Å². The van der Waals surface area contributed by atoms with Gasteiger partial charge >= 0.3 is 6.18 Å². The smallest absolute Gasteiger partial charge is 0.385 e. The van der Waals surface area contributed by atoms with Crippen molar-refractivity contribution in [1.29, 1.82) is 0 Å². The van der Waals surface area contributed by atoms with E-state index in [1.807, 2.05) is 24.3 Å². The first-order chi connectivity index (χ1) is 11.8. The van der Waals surface area contributed by atoms with Crippen molar-refractivity contribution in [2.75, 3.05) is 17.2 Å². The average molecular weight is 350 g/mol. The standard InChI is InChI=1S/C19H21F3N2O/c1-13(2)14-6-8-16(9-7-14)23-11-10-18(25)24-17-5-3-4-15(12-17)19(20,21)22/h3-9,12-13,23H,10-11H2,1-2H3,(H,24,25). The number of rotatable bonds is 6. The summed E-state index contributed by atoms with van der Waals surface area (Å²) in [5.74, 6) is 0.109. The molecule has 0 radical (unpaired) electrons. The predicted molar refractivity (Wildman–Crippen MR) is 93.7 cm³/mol. The molecule has 0 aliphatic heterocycles. The highest BCUT2D eigenvalue weighted by Gasteiger charge is 2.30. The topological polar surface area (TPSA) is 41.1 Å². The minimum Gasteiger partial charge on any atom is -0.385 e. The van der Waals surface area contributed by atoms with Gasteiger partial charge in [0, 0.05) is 24.3 Å². The lowest BCUT2D eigenvalue weighted by Gasteiger charge is -2.11. The van der Waals surface area contributed by atoms with Crippen molar-refractivity contribution in [3.05, 3.63) is 59.7 Å². The second-order valence-corrected chi connectivity index (χ2v) is 6.08. The number of hydrogen-bond acceptors (Lipinski definition) is 2. The van der Waals surface area contributed by atoms with Gasteiger partial charge in [0.25, 0.3) is 0 Å². The third-order valence-corrected chi connectivity index (χ3v) is 3.73. The highest BCUT2D eigenvalue weighted by Crippen LogP contribution is 2.30. The Morgan fingerprint density at radius 3 is 2.32 bits per heavy atom. The van der Waals surface area contributed by atoms with Gasteiger partial charge in [-0.1, -0.05) is 32.0 Å². The third kappa shape index (κ3) is 5.81. The first-order valence-electron chi connectivity index (χ1n) is 8.06. The molecule has 134 valence electrons. The number of amides is 1. The second-order valence-electron chi connectivity index (χ2n) is 6.08. The quantitative estimate of drug-likeness (QED) is 0.745. The van der Waals surface area contributed by atoms with Crippen LogP contribution in [0.2, 0.25) is 0 Å². The minimum atomic E-state index is -4.43. The third-order valence-electron chi connectivity index (χ3n) is 3.73. The average Bonchev–Trinajstić information content (AvgIpc) is 2.55. The molecular weight excluding hydrogens is 329 g/mol. The maximum absolute atomic E-state index is 12.7. The molecule has 0 bridgehead atoms. The van der Waals surface area contributed by atoms with Crippen LogP contribution in [0.4, 0.5) is 24.5 Å². The highest BCUT2D eigenvalue weighted by molar-refractivity contribution is 5.91. The molecule has 0 heterocycles. The van der Waals surface area contributed by atoms with Gasteiger partial charge in [-0.05, 0) is 41.8 Å². The van der Waals surface area contributed by atoms with Gasteiger partial charge < -0.3 is 10.6 Å². The van der Waals surface area contributed by atoms with Crippen LogP contribution in [-0.2, 0) is 11.0 Å². The van der Waals surface area contributed by atoms with Crippen LogP contribution in [-0.4, -0.2) is 12.5 Å². The molecule has 0 unspecified atom stereocenters. The van der Waals surface area contributed by atoms with Gasteiger partial charge in [0.2, 0.25) is 5.91 Å². The number of nitrogens with one attached hydrogen (secondary N) is 2. The first-order valence-corrected chi connectivity index (χ1v) is 8.06. The van der Waals surface area contributed by atoms with E-state index in [-0.39, 0.29) is 18.0 Å². The molecule has 2 aromatic carbocycles. The maximum atomic E-state index is 12.7. The van der Waals surface area contributed by atoms with Crippen LogP contribution < -0.4 is 10.6 Å². The zero-order chi connectivity index (χ0) is 18.4. The van der Waals surface area contributed by atoms with E-state index in [0.29, 0.717) is 12.5 Å². The Morgan fingerprint density at radius 2 is 1.72 bits per heavy atom. The molecule has 25 heavy (non-hydrogen) atoms. The Labute approximate surface area is 145 Å². The minimum absolute atomic E-state index is 0.140. The van der Waals surface area contributed by atoms with E-state index in [2.05, 4.69) is 24.5 Å². The van der Waals surface area contributed by atoms with Gasteiger partial charge in [0.05, 0.1) is 5.56 Å². The van der Waals surface area contributed by atoms with Crippen LogP contribution in [0, 0.1) is 0 Å². The fourth-order valence-corrected chi connectivity index (χ4v) is 2.30. The lowest BCUT2D eigenvalue weighted by molar-refractivity contribution is -0.137. The summed E-state index contributed by atoms with van der Waals surface area (Å²) in [4.78, 5) is 11.9. The Balaban J connectivity index is 1.83. The summed E-state index contributed by atoms with van der Waals surface area (Å²) in [6, 6.07) is 12.5. The van der Waals surface area contributed by atoms with E-state index in [9.17, 15) is 18.0 Å². The lowest BCUT2D eigenvalue weighted by Crippen LogP contribution is -2.16. The molecule has 0 saturated carbocycles. The van der Waals surface area contributed by atoms with Crippen LogP contribution in [0.5, 0.6) is 0 Å². The number of anilines is 2. The molecule has 2 aromatic rings. The second kappa shape index (κ2) is 8.05. The first kappa shape index (κ1) is 18.8. The Kier molecular flexibility index (Phi) is 6.07. The van der Waals surface area contributed by atoms with Crippen LogP contribution in [0.1, 0.15) is 37.3 Å². The predicted octanol–water partition coefficient (Wildman–Crippen LogP) is 5.27. The van der Waals surface area contributed by atoms with Crippen molar-refractivity contribution in [3.8, 4) is 0 Å². The summed E-state index contributed by atoms with van der Waals surface area (Å²) in [5, 5.41) is 5.61. The number of carbonyl (C=O) groups is 1. The molecule has 0 aliphatic rings. The fraction of sp³-hybridized carbons (Fsp3) is 0.316. The number of hydrogen-bond donors (Lipinski definition) is 2. The van der Waals surface area contributed by atoms with E-state index in [0.717, 1.165) is 17.8 Å². The van der Waals surface area contributed by atoms with Crippen LogP contribution in [0.15, 0.2) is 48.5 Å². The number of alkyl halides is 3. The summed E-state index contributed by atoms with van der Waals surface area (Å²) < 4.78 is 38.0. The summed E-state index contributed by atoms with van der Waals surface area (Å²) in [6.45, 7) is 4.62. The lowest BCUT2D eigenvalue weighted by atomic mass is 10.0. The number of benzene rings is 2. The van der Waals surface area contributed by atoms with Gasteiger partial charge in [-0.25, -0.2) is 0 Å². The fourth-order valence-electron chi connectivity index (χ4n) is 2.30. The van der Waals surface area contributed by atoms with E-state index >= 15 is 0 Å². The van der Waals surface area contributed by atoms with E-state index < -0.39 is 11.7 Å². The molecule has 0 aliphatic carbocycles. The van der Waals surface area contributed by atoms with Crippen molar-refractivity contribution in [2.24, 2.45) is 0 Å². The monoisotopic (exact) mass is 350 g/mol. The van der Waals surface area contributed by atoms with Crippen molar-refractivity contribution >= 4 is 17.3 Å². The van der Waals surface area contributed by atoms with Crippen LogP contribution >= 0.6 is 0 Å². The SMILES string of the molecule is CC(C)c1ccc(NCCC(=O)Nc2cccc(C(F)(F)F)c2)cc1. The van der Waals surface area contributed by atoms with Crippen LogP contribution in [0.3, 0.4) is 0 Å². The van der Waals surface area contributed by atoms with Gasteiger partial charge in [0.1, 0.15) is 0 Å². The summed E-state index contributed by atoms with van der Waals surface area (Å²) in [6.07, 6.45) is -4.27. The molecule has 3 nitrogen and oxygen atoms in total. The van der Waals surface area contributed by atoms with Gasteiger partial charge in [0.15, 0.2) is 0 Å². The Bertz CT molecular complexity index is 709. The van der Waals surface area contributed by atoms with E-state index in [1.54, 1.807) is 0 Å². The molecule has 0 fully saturated rings. The number of carbonyl (C=O) groups excluding carboxylic acids is 1. The molecule has 1 amide bonds. The van der Waals surface area contributed by atoms with E-state index in [1.165, 1.54) is 17.7 Å². The summed E-state index contributed by atoms with van der Waals surface area (Å²) >= 11 is 0. The maximum Gasteiger partial charge on any atom is 0.416 e. The van der Waals surface area contributed by atoms with Crippen LogP contribution in [0.25, 0.3) is 0 Å². The molecule has 0 spiro atoms. The van der Waals surface area contributed by atoms with Crippen molar-refractivity contribution in [2.45, 2.75) is 32.4 Å². The molecule has 0 atom stereocenters. The number of halogens is 3. The molecule has 0 saturated heterocycles. The summed E-state index contributed by atoms with van der Waals surface area (Å²) in [5.41, 5.74) is 1.49. The van der Waals surface area contributed by atoms with Gasteiger partial charge in [-0.15, -0.1) is 0 Å². The Morgan fingerprint density at radius 1 is 1.04 bits per heavy atom.